The SMILES string of the molecule is CN(c1cc(F)c(N2CCN(CC3CCN(C(=O)COC(=O)N4CC5(C4)CN(c4cnc(-c6c(-c7nn(C(C)(C)C)c8ncnc(N)c78)noc6C6CC6)nc4)C5)CC3)CC2)c(F)c1)[C@H]1CCC(=O)NC1=O. The number of amides is 4. The maximum absolute atomic E-state index is 15.4. The molecule has 0 radical (unpaired) electrons. The van der Waals surface area contributed by atoms with Gasteiger partial charge in [-0.1, -0.05) is 5.16 Å². The first kappa shape index (κ1) is 47.3. The second-order valence-corrected chi connectivity index (χ2v) is 21.4. The monoisotopic (exact) mass is 991 g/mol. The van der Waals surface area contributed by atoms with Crippen LogP contribution in [-0.2, 0) is 24.7 Å². The number of halogens is 2. The summed E-state index contributed by atoms with van der Waals surface area (Å²) in [7, 11) is 1.59. The van der Waals surface area contributed by atoms with Gasteiger partial charge in [0.15, 0.2) is 35.5 Å². The van der Waals surface area contributed by atoms with Crippen molar-refractivity contribution in [3.05, 3.63) is 48.2 Å². The van der Waals surface area contributed by atoms with E-state index in [9.17, 15) is 19.2 Å². The number of nitrogens with one attached hydrogen (secondary N) is 1. The van der Waals surface area contributed by atoms with Crippen molar-refractivity contribution in [3.63, 3.8) is 0 Å². The lowest BCUT2D eigenvalue weighted by atomic mass is 9.73. The van der Waals surface area contributed by atoms with Crippen LogP contribution in [0.15, 0.2) is 35.4 Å². The Hall–Kier alpha value is -7.04. The molecule has 6 aliphatic rings. The van der Waals surface area contributed by atoms with Crippen molar-refractivity contribution in [1.29, 1.82) is 0 Å². The quantitative estimate of drug-likeness (QED) is 0.178. The van der Waals surface area contributed by atoms with Crippen LogP contribution in [0.4, 0.5) is 36.5 Å². The Morgan fingerprint density at radius 1 is 0.889 bits per heavy atom. The number of rotatable bonds is 11. The van der Waals surface area contributed by atoms with E-state index in [1.54, 1.807) is 34.1 Å². The summed E-state index contributed by atoms with van der Waals surface area (Å²) in [6, 6.07) is 1.79. The lowest BCUT2D eigenvalue weighted by Crippen LogP contribution is -2.73. The van der Waals surface area contributed by atoms with Crippen LogP contribution in [0.3, 0.4) is 0 Å². The van der Waals surface area contributed by atoms with Crippen molar-refractivity contribution in [1.82, 2.24) is 54.9 Å². The van der Waals surface area contributed by atoms with E-state index in [0.717, 1.165) is 56.8 Å². The number of hydrogen-bond acceptors (Lipinski definition) is 17. The maximum Gasteiger partial charge on any atom is 0.410 e. The maximum atomic E-state index is 15.4. The van der Waals surface area contributed by atoms with E-state index in [1.807, 2.05) is 25.5 Å². The fourth-order valence-corrected chi connectivity index (χ4v) is 11.0. The topological polar surface area (TPSA) is 230 Å². The van der Waals surface area contributed by atoms with Crippen LogP contribution in [0.2, 0.25) is 0 Å². The number of anilines is 4. The average molecular weight is 992 g/mol. The highest BCUT2D eigenvalue weighted by Crippen LogP contribution is 2.48. The number of benzene rings is 1. The van der Waals surface area contributed by atoms with Gasteiger partial charge in [0.2, 0.25) is 11.8 Å². The zero-order valence-electron chi connectivity index (χ0n) is 40.9. The molecule has 1 saturated carbocycles. The molecule has 9 heterocycles. The van der Waals surface area contributed by atoms with Gasteiger partial charge in [-0.3, -0.25) is 24.6 Å². The first-order valence-electron chi connectivity index (χ1n) is 24.8. The lowest BCUT2D eigenvalue weighted by Gasteiger charge is -2.60. The Balaban J connectivity index is 0.615. The van der Waals surface area contributed by atoms with E-state index < -0.39 is 35.2 Å². The molecule has 1 aromatic carbocycles. The van der Waals surface area contributed by atoms with Gasteiger partial charge in [-0.25, -0.2) is 38.2 Å². The number of piperidine rings is 2. The van der Waals surface area contributed by atoms with Crippen LogP contribution in [-0.4, -0.2) is 165 Å². The third-order valence-electron chi connectivity index (χ3n) is 15.2. The molecule has 21 nitrogen and oxygen atoms in total. The highest BCUT2D eigenvalue weighted by molar-refractivity contribution is 6.02. The molecule has 6 fully saturated rings. The number of piperazine rings is 1. The van der Waals surface area contributed by atoms with Gasteiger partial charge >= 0.3 is 6.09 Å². The van der Waals surface area contributed by atoms with Gasteiger partial charge in [0, 0.05) is 102 Å². The number of likely N-dealkylation sites (tertiary alicyclic amines) is 2. The average Bonchev–Trinajstić information content (AvgIpc) is 3.94. The molecule has 0 bridgehead atoms. The minimum atomic E-state index is -0.698. The Morgan fingerprint density at radius 2 is 1.58 bits per heavy atom. The fraction of sp³-hybridized carbons (Fsp3) is 0.551. The van der Waals surface area contributed by atoms with Gasteiger partial charge in [0.1, 0.15) is 35.3 Å². The predicted octanol–water partition coefficient (Wildman–Crippen LogP) is 3.99. The van der Waals surface area contributed by atoms with Crippen LogP contribution in [0.5, 0.6) is 0 Å². The zero-order chi connectivity index (χ0) is 50.2. The Bertz CT molecular complexity index is 2900. The molecule has 380 valence electrons. The molecule has 5 aliphatic heterocycles. The number of ether oxygens (including phenoxy) is 1. The third kappa shape index (κ3) is 8.88. The number of nitrogens with zero attached hydrogens (tertiary/aromatic N) is 13. The van der Waals surface area contributed by atoms with Crippen molar-refractivity contribution in [2.24, 2.45) is 11.3 Å². The number of nitrogen functional groups attached to an aromatic ring is 1. The summed E-state index contributed by atoms with van der Waals surface area (Å²) in [5.74, 6) is -0.371. The lowest BCUT2D eigenvalue weighted by molar-refractivity contribution is -0.137. The normalized spacial score (nSPS) is 20.7. The van der Waals surface area contributed by atoms with Crippen molar-refractivity contribution in [3.8, 4) is 22.8 Å². The third-order valence-corrected chi connectivity index (χ3v) is 15.2. The Labute approximate surface area is 414 Å². The molecule has 1 atom stereocenters. The highest BCUT2D eigenvalue weighted by atomic mass is 19.1. The first-order valence-corrected chi connectivity index (χ1v) is 24.8. The van der Waals surface area contributed by atoms with E-state index in [0.29, 0.717) is 97.9 Å². The molecule has 72 heavy (non-hydrogen) atoms. The summed E-state index contributed by atoms with van der Waals surface area (Å²) in [4.78, 5) is 79.6. The minimum Gasteiger partial charge on any atom is -0.439 e. The predicted molar refractivity (Wildman–Crippen MR) is 260 cm³/mol. The van der Waals surface area contributed by atoms with Crippen LogP contribution in [0, 0.1) is 23.0 Å². The number of imide groups is 1. The van der Waals surface area contributed by atoms with Crippen molar-refractivity contribution in [2.75, 3.05) is 106 Å². The summed E-state index contributed by atoms with van der Waals surface area (Å²) in [5.41, 5.74) is 9.25. The van der Waals surface area contributed by atoms with Gasteiger partial charge in [0.05, 0.1) is 34.6 Å². The Kier molecular flexibility index (Phi) is 12.0. The smallest absolute Gasteiger partial charge is 0.410 e. The number of likely N-dealkylation sites (N-methyl/N-ethyl adjacent to an activating group) is 1. The van der Waals surface area contributed by atoms with Crippen molar-refractivity contribution < 1.29 is 37.2 Å². The van der Waals surface area contributed by atoms with Crippen LogP contribution in [0.1, 0.15) is 71.0 Å². The van der Waals surface area contributed by atoms with Gasteiger partial charge in [0.25, 0.3) is 5.91 Å². The van der Waals surface area contributed by atoms with Crippen molar-refractivity contribution in [2.45, 2.75) is 76.8 Å². The molecule has 0 unspecified atom stereocenters. The summed E-state index contributed by atoms with van der Waals surface area (Å²) in [5, 5.41) is 12.3. The fourth-order valence-electron chi connectivity index (χ4n) is 11.0. The second-order valence-electron chi connectivity index (χ2n) is 21.4. The van der Waals surface area contributed by atoms with Crippen LogP contribution in [0.25, 0.3) is 33.8 Å². The molecule has 5 aromatic rings. The standard InChI is InChI=1S/C49H59F2N15O6/c1-48(2,3)66-45-38(43(52)55-27-56-45)39(58-66)40-37(42(72-59-40)29-5-6-29)44-53-19-31(20-54-44)64-23-49(24-64)25-65(26-49)47(70)71-22-36(68)62-11-9-28(10-12-62)21-61-13-15-63(16-14-61)41-32(50)17-30(18-33(41)51)60(4)34-7-8-35(67)57-46(34)69/h17-20,27-29,34H,5-16,21-26H2,1-4H3,(H2,52,55,56)(H,57,67,69)/t34-/m0/s1. The number of fused-ring (bicyclic) bond motifs is 1. The highest BCUT2D eigenvalue weighted by Gasteiger charge is 2.54. The van der Waals surface area contributed by atoms with Gasteiger partial charge in [-0.05, 0) is 70.9 Å². The van der Waals surface area contributed by atoms with Crippen molar-refractivity contribution >= 4 is 57.7 Å². The molecular weight excluding hydrogens is 933 g/mol. The van der Waals surface area contributed by atoms with Gasteiger partial charge < -0.3 is 39.5 Å². The molecule has 4 aromatic heterocycles. The molecular formula is C49H59F2N15O6. The molecule has 5 saturated heterocycles. The Morgan fingerprint density at radius 3 is 2.24 bits per heavy atom. The van der Waals surface area contributed by atoms with Crippen LogP contribution < -0.4 is 25.8 Å². The summed E-state index contributed by atoms with van der Waals surface area (Å²) < 4.78 is 44.2. The van der Waals surface area contributed by atoms with E-state index >= 15 is 8.78 Å². The second kappa shape index (κ2) is 18.2. The van der Waals surface area contributed by atoms with E-state index in [4.69, 9.17) is 30.1 Å². The molecule has 1 spiro atoms. The largest absolute Gasteiger partial charge is 0.439 e. The van der Waals surface area contributed by atoms with Gasteiger partial charge in [-0.15, -0.1) is 0 Å². The van der Waals surface area contributed by atoms with Crippen LogP contribution >= 0.6 is 0 Å². The summed E-state index contributed by atoms with van der Waals surface area (Å²) in [6.45, 7) is 12.4. The molecule has 4 amide bonds. The minimum absolute atomic E-state index is 0.0674. The summed E-state index contributed by atoms with van der Waals surface area (Å²) in [6.07, 6.45) is 8.55. The first-order chi connectivity index (χ1) is 34.5. The molecule has 23 heteroatoms. The number of aromatic nitrogens is 7. The van der Waals surface area contributed by atoms with Gasteiger partial charge in [-0.2, -0.15) is 5.10 Å². The molecule has 1 aliphatic carbocycles. The van der Waals surface area contributed by atoms with E-state index in [2.05, 4.69) is 30.2 Å². The number of carbonyl (C=O) groups excluding carboxylic acids is 4. The number of nitrogens with two attached hydrogens (primary N) is 1. The van der Waals surface area contributed by atoms with E-state index in [1.165, 1.54) is 23.4 Å². The zero-order valence-corrected chi connectivity index (χ0v) is 40.9. The summed E-state index contributed by atoms with van der Waals surface area (Å²) >= 11 is 0. The molecule has 3 N–H and O–H groups in total. The number of carbonyl (C=O) groups is 4. The number of hydrogen-bond donors (Lipinski definition) is 2. The van der Waals surface area contributed by atoms with E-state index in [-0.39, 0.29) is 54.0 Å². The molecule has 11 rings (SSSR count).